The molecule has 2 amide bonds. The highest BCUT2D eigenvalue weighted by atomic mass is 32.2. The molecule has 3 aromatic rings. The molecule has 0 aliphatic rings. The first-order chi connectivity index (χ1) is 14.9. The molecule has 1 heterocycles. The van der Waals surface area contributed by atoms with E-state index in [4.69, 9.17) is 4.74 Å². The number of amides is 2. The molecule has 1 aromatic heterocycles. The van der Waals surface area contributed by atoms with Gasteiger partial charge in [-0.25, -0.2) is 13.8 Å². The number of nitrogens with one attached hydrogen (secondary N) is 2. The van der Waals surface area contributed by atoms with E-state index in [0.29, 0.717) is 21.5 Å². The summed E-state index contributed by atoms with van der Waals surface area (Å²) in [5.41, 5.74) is 0.997. The van der Waals surface area contributed by atoms with E-state index < -0.39 is 17.5 Å². The van der Waals surface area contributed by atoms with Gasteiger partial charge < -0.3 is 15.4 Å². The first kappa shape index (κ1) is 22.7. The minimum atomic E-state index is -0.708. The Hall–Kier alpha value is -2.98. The summed E-state index contributed by atoms with van der Waals surface area (Å²) in [6, 6.07) is 10.5. The van der Waals surface area contributed by atoms with Crippen LogP contribution in [0, 0.1) is 11.6 Å². The van der Waals surface area contributed by atoms with Gasteiger partial charge in [-0.15, -0.1) is 11.3 Å². The quantitative estimate of drug-likeness (QED) is 0.469. The molecular weight excluding hydrogens is 444 g/mol. The van der Waals surface area contributed by atoms with Crippen molar-refractivity contribution in [3.63, 3.8) is 0 Å². The molecular formula is C21H19F2N3O3S2. The molecule has 6 nitrogen and oxygen atoms in total. The Bertz CT molecular complexity index is 1040. The lowest BCUT2D eigenvalue weighted by molar-refractivity contribution is -0.120. The van der Waals surface area contributed by atoms with Gasteiger partial charge >= 0.3 is 0 Å². The molecule has 0 spiro atoms. The molecule has 31 heavy (non-hydrogen) atoms. The van der Waals surface area contributed by atoms with Crippen molar-refractivity contribution >= 4 is 40.6 Å². The summed E-state index contributed by atoms with van der Waals surface area (Å²) in [5.74, 6) is -1.14. The maximum Gasteiger partial charge on any atom is 0.234 e. The zero-order valence-electron chi connectivity index (χ0n) is 16.5. The SMILES string of the molecule is COc1ccc(NC(=O)CSc2nc(CC(=O)NCc3c(F)cccc3F)cs2)cc1. The van der Waals surface area contributed by atoms with Gasteiger partial charge in [-0.2, -0.15) is 0 Å². The number of ether oxygens (including phenoxy) is 1. The third kappa shape index (κ3) is 6.76. The third-order valence-corrected chi connectivity index (χ3v) is 6.17. The first-order valence-electron chi connectivity index (χ1n) is 9.15. The van der Waals surface area contributed by atoms with Crippen molar-refractivity contribution in [1.29, 1.82) is 0 Å². The van der Waals surface area contributed by atoms with Crippen LogP contribution in [0.2, 0.25) is 0 Å². The van der Waals surface area contributed by atoms with E-state index in [1.807, 2.05) is 0 Å². The van der Waals surface area contributed by atoms with E-state index in [9.17, 15) is 18.4 Å². The molecule has 0 aliphatic carbocycles. The fraction of sp³-hybridized carbons (Fsp3) is 0.190. The molecule has 3 rings (SSSR count). The second-order valence-corrected chi connectivity index (χ2v) is 8.40. The summed E-state index contributed by atoms with van der Waals surface area (Å²) in [6.07, 6.45) is -0.0226. The van der Waals surface area contributed by atoms with Crippen LogP contribution < -0.4 is 15.4 Å². The van der Waals surface area contributed by atoms with E-state index in [1.54, 1.807) is 36.8 Å². The highest BCUT2D eigenvalue weighted by molar-refractivity contribution is 8.01. The standard InChI is InChI=1S/C21H19F2N3O3S2/c1-29-15-7-5-13(6-8-15)25-20(28)12-31-21-26-14(11-30-21)9-19(27)24-10-16-17(22)3-2-4-18(16)23/h2-8,11H,9-10,12H2,1H3,(H,24,27)(H,25,28). The van der Waals surface area contributed by atoms with Gasteiger partial charge in [0.25, 0.3) is 0 Å². The number of aromatic nitrogens is 1. The first-order valence-corrected chi connectivity index (χ1v) is 11.0. The fourth-order valence-corrected chi connectivity index (χ4v) is 4.19. The van der Waals surface area contributed by atoms with Crippen molar-refractivity contribution in [3.8, 4) is 5.75 Å². The monoisotopic (exact) mass is 463 g/mol. The molecule has 162 valence electrons. The summed E-state index contributed by atoms with van der Waals surface area (Å²) in [6.45, 7) is -0.241. The van der Waals surface area contributed by atoms with Crippen LogP contribution in [0.15, 0.2) is 52.2 Å². The lowest BCUT2D eigenvalue weighted by Gasteiger charge is -2.06. The van der Waals surface area contributed by atoms with E-state index in [-0.39, 0.29) is 30.2 Å². The average Bonchev–Trinajstić information content (AvgIpc) is 3.19. The number of halogens is 2. The minimum Gasteiger partial charge on any atom is -0.497 e. The number of carbonyl (C=O) groups is 2. The van der Waals surface area contributed by atoms with Crippen LogP contribution in [0.4, 0.5) is 14.5 Å². The predicted molar refractivity (Wildman–Crippen MR) is 116 cm³/mol. The number of rotatable bonds is 9. The third-order valence-electron chi connectivity index (χ3n) is 4.10. The Morgan fingerprint density at radius 1 is 1.10 bits per heavy atom. The van der Waals surface area contributed by atoms with E-state index >= 15 is 0 Å². The van der Waals surface area contributed by atoms with Crippen LogP contribution in [-0.4, -0.2) is 29.7 Å². The van der Waals surface area contributed by atoms with Crippen LogP contribution in [0.1, 0.15) is 11.3 Å². The maximum absolute atomic E-state index is 13.6. The average molecular weight is 464 g/mol. The van der Waals surface area contributed by atoms with Gasteiger partial charge in [0.15, 0.2) is 4.34 Å². The number of benzene rings is 2. The second kappa shape index (κ2) is 10.9. The number of carbonyl (C=O) groups excluding carboxylic acids is 2. The number of nitrogens with zero attached hydrogens (tertiary/aromatic N) is 1. The summed E-state index contributed by atoms with van der Waals surface area (Å²) in [7, 11) is 1.57. The zero-order chi connectivity index (χ0) is 22.2. The Labute approximate surface area is 186 Å². The topological polar surface area (TPSA) is 80.3 Å². The van der Waals surface area contributed by atoms with Crippen LogP contribution in [-0.2, 0) is 22.6 Å². The fourth-order valence-electron chi connectivity index (χ4n) is 2.55. The van der Waals surface area contributed by atoms with Crippen molar-refractivity contribution in [1.82, 2.24) is 10.3 Å². The molecule has 10 heteroatoms. The number of anilines is 1. The minimum absolute atomic E-state index is 0.0226. The van der Waals surface area contributed by atoms with Crippen molar-refractivity contribution in [2.45, 2.75) is 17.3 Å². The zero-order valence-corrected chi connectivity index (χ0v) is 18.1. The summed E-state index contributed by atoms with van der Waals surface area (Å²) >= 11 is 2.58. The van der Waals surface area contributed by atoms with Crippen LogP contribution in [0.5, 0.6) is 5.75 Å². The molecule has 0 fully saturated rings. The smallest absolute Gasteiger partial charge is 0.234 e. The number of thiazole rings is 1. The molecule has 0 saturated heterocycles. The molecule has 0 radical (unpaired) electrons. The molecule has 2 N–H and O–H groups in total. The summed E-state index contributed by atoms with van der Waals surface area (Å²) < 4.78 is 32.9. The lowest BCUT2D eigenvalue weighted by atomic mass is 10.2. The Morgan fingerprint density at radius 2 is 1.81 bits per heavy atom. The van der Waals surface area contributed by atoms with E-state index in [1.165, 1.54) is 29.2 Å². The van der Waals surface area contributed by atoms with Crippen molar-refractivity contribution < 1.29 is 23.1 Å². The Morgan fingerprint density at radius 3 is 2.48 bits per heavy atom. The van der Waals surface area contributed by atoms with Gasteiger partial charge in [-0.1, -0.05) is 17.8 Å². The highest BCUT2D eigenvalue weighted by Gasteiger charge is 2.13. The summed E-state index contributed by atoms with van der Waals surface area (Å²) in [5, 5.41) is 6.99. The van der Waals surface area contributed by atoms with Crippen molar-refractivity contribution in [2.75, 3.05) is 18.2 Å². The second-order valence-electron chi connectivity index (χ2n) is 6.32. The maximum atomic E-state index is 13.6. The molecule has 0 atom stereocenters. The highest BCUT2D eigenvalue weighted by Crippen LogP contribution is 2.23. The van der Waals surface area contributed by atoms with Crippen LogP contribution >= 0.6 is 23.1 Å². The van der Waals surface area contributed by atoms with Gasteiger partial charge in [0.05, 0.1) is 25.0 Å². The van der Waals surface area contributed by atoms with E-state index in [0.717, 1.165) is 12.1 Å². The predicted octanol–water partition coefficient (Wildman–Crippen LogP) is 4.02. The van der Waals surface area contributed by atoms with E-state index in [2.05, 4.69) is 15.6 Å². The van der Waals surface area contributed by atoms with Gasteiger partial charge in [-0.3, -0.25) is 9.59 Å². The van der Waals surface area contributed by atoms with Gasteiger partial charge in [-0.05, 0) is 36.4 Å². The molecule has 0 unspecified atom stereocenters. The number of hydrogen-bond acceptors (Lipinski definition) is 6. The molecule has 2 aromatic carbocycles. The molecule has 0 saturated carbocycles. The Kier molecular flexibility index (Phi) is 7.96. The normalized spacial score (nSPS) is 10.5. The van der Waals surface area contributed by atoms with Crippen LogP contribution in [0.25, 0.3) is 0 Å². The Balaban J connectivity index is 1.44. The molecule has 0 aliphatic heterocycles. The summed E-state index contributed by atoms with van der Waals surface area (Å²) in [4.78, 5) is 28.5. The number of thioether (sulfide) groups is 1. The van der Waals surface area contributed by atoms with Crippen molar-refractivity contribution in [3.05, 3.63) is 70.7 Å². The van der Waals surface area contributed by atoms with Crippen molar-refractivity contribution in [2.24, 2.45) is 0 Å². The number of hydrogen-bond donors (Lipinski definition) is 2. The van der Waals surface area contributed by atoms with Gasteiger partial charge in [0.1, 0.15) is 17.4 Å². The largest absolute Gasteiger partial charge is 0.497 e. The van der Waals surface area contributed by atoms with Gasteiger partial charge in [0.2, 0.25) is 11.8 Å². The lowest BCUT2D eigenvalue weighted by Crippen LogP contribution is -2.25. The van der Waals surface area contributed by atoms with Crippen LogP contribution in [0.3, 0.4) is 0 Å². The van der Waals surface area contributed by atoms with Gasteiger partial charge in [0, 0.05) is 23.2 Å². The molecule has 0 bridgehead atoms. The number of methoxy groups -OCH3 is 1.